The zero-order chi connectivity index (χ0) is 7.82. The average Bonchev–Trinajstić information content (AvgIpc) is 1.87. The van der Waals surface area contributed by atoms with Crippen LogP contribution in [0.3, 0.4) is 0 Å². The fraction of sp³-hybridized carbons (Fsp3) is 0.833. The van der Waals surface area contributed by atoms with Gasteiger partial charge in [-0.05, 0) is 13.3 Å². The summed E-state index contributed by atoms with van der Waals surface area (Å²) in [7, 11) is 3.20. The minimum absolute atomic E-state index is 0.210. The van der Waals surface area contributed by atoms with Crippen LogP contribution in [-0.2, 0) is 4.79 Å². The molecule has 0 aliphatic heterocycles. The zero-order valence-electron chi connectivity index (χ0n) is 6.00. The van der Waals surface area contributed by atoms with Gasteiger partial charge in [-0.15, -0.1) is 0 Å². The molecule has 0 aromatic rings. The molecule has 4 heteroatoms. The molecule has 0 bridgehead atoms. The van der Waals surface area contributed by atoms with Crippen LogP contribution in [0.5, 0.6) is 0 Å². The van der Waals surface area contributed by atoms with Crippen LogP contribution in [0.15, 0.2) is 0 Å². The van der Waals surface area contributed by atoms with Gasteiger partial charge < -0.3 is 5.11 Å². The van der Waals surface area contributed by atoms with E-state index in [2.05, 4.69) is 0 Å². The standard InChI is InChI=1S/C6H12O2S2/c1-6(8)5-10-9-4-2-3-7/h7H,2-5H2,1H3. The summed E-state index contributed by atoms with van der Waals surface area (Å²) in [6, 6.07) is 0. The maximum absolute atomic E-state index is 10.4. The number of carbonyl (C=O) groups is 1. The van der Waals surface area contributed by atoms with Crippen LogP contribution < -0.4 is 0 Å². The van der Waals surface area contributed by atoms with Crippen LogP contribution in [0, 0.1) is 0 Å². The Bertz CT molecular complexity index is 95.7. The van der Waals surface area contributed by atoms with Gasteiger partial charge in [0.25, 0.3) is 0 Å². The minimum atomic E-state index is 0.210. The molecule has 0 aromatic carbocycles. The lowest BCUT2D eigenvalue weighted by atomic mass is 10.5. The summed E-state index contributed by atoms with van der Waals surface area (Å²) in [5.41, 5.74) is 0. The Kier molecular flexibility index (Phi) is 7.68. The Morgan fingerprint density at radius 1 is 1.50 bits per heavy atom. The van der Waals surface area contributed by atoms with Crippen molar-refractivity contribution in [2.45, 2.75) is 13.3 Å². The molecule has 1 N–H and O–H groups in total. The monoisotopic (exact) mass is 180 g/mol. The third-order valence-corrected chi connectivity index (χ3v) is 3.23. The van der Waals surface area contributed by atoms with Crippen LogP contribution in [-0.4, -0.2) is 29.0 Å². The largest absolute Gasteiger partial charge is 0.396 e. The van der Waals surface area contributed by atoms with Gasteiger partial charge in [0.2, 0.25) is 0 Å². The van der Waals surface area contributed by atoms with E-state index in [0.29, 0.717) is 5.75 Å². The van der Waals surface area contributed by atoms with E-state index < -0.39 is 0 Å². The molecule has 60 valence electrons. The molecule has 0 spiro atoms. The van der Waals surface area contributed by atoms with Crippen molar-refractivity contribution < 1.29 is 9.90 Å². The molecule has 0 saturated carbocycles. The van der Waals surface area contributed by atoms with Crippen molar-refractivity contribution in [3.8, 4) is 0 Å². The molecule has 0 aliphatic rings. The first-order valence-electron chi connectivity index (χ1n) is 3.12. The van der Waals surface area contributed by atoms with E-state index in [1.807, 2.05) is 0 Å². The number of carbonyl (C=O) groups excluding carboxylic acids is 1. The van der Waals surface area contributed by atoms with Gasteiger partial charge in [0, 0.05) is 12.4 Å². The van der Waals surface area contributed by atoms with Gasteiger partial charge in [0.05, 0.1) is 5.75 Å². The maximum Gasteiger partial charge on any atom is 0.140 e. The van der Waals surface area contributed by atoms with Gasteiger partial charge >= 0.3 is 0 Å². The van der Waals surface area contributed by atoms with Gasteiger partial charge in [-0.3, -0.25) is 4.79 Å². The van der Waals surface area contributed by atoms with Crippen molar-refractivity contribution >= 4 is 27.4 Å². The molecule has 0 saturated heterocycles. The van der Waals surface area contributed by atoms with Crippen LogP contribution in [0.2, 0.25) is 0 Å². The number of hydrogen-bond donors (Lipinski definition) is 1. The quantitative estimate of drug-likeness (QED) is 0.494. The number of ketones is 1. The predicted octanol–water partition coefficient (Wildman–Crippen LogP) is 1.34. The number of aliphatic hydroxyl groups excluding tert-OH is 1. The lowest BCUT2D eigenvalue weighted by Gasteiger charge is -1.95. The molecule has 10 heavy (non-hydrogen) atoms. The molecule has 0 unspecified atom stereocenters. The second-order valence-corrected chi connectivity index (χ2v) is 4.45. The van der Waals surface area contributed by atoms with E-state index >= 15 is 0 Å². The minimum Gasteiger partial charge on any atom is -0.396 e. The molecule has 2 nitrogen and oxygen atoms in total. The molecule has 0 rings (SSSR count). The summed E-state index contributed by atoms with van der Waals surface area (Å²) in [6.45, 7) is 1.83. The molecule has 0 aromatic heterocycles. The fourth-order valence-electron chi connectivity index (χ4n) is 0.307. The van der Waals surface area contributed by atoms with Crippen molar-refractivity contribution in [3.05, 3.63) is 0 Å². The number of hydrogen-bond acceptors (Lipinski definition) is 4. The maximum atomic E-state index is 10.4. The molecular weight excluding hydrogens is 168 g/mol. The smallest absolute Gasteiger partial charge is 0.140 e. The molecule has 0 aliphatic carbocycles. The second kappa shape index (κ2) is 7.44. The van der Waals surface area contributed by atoms with Crippen molar-refractivity contribution in [1.82, 2.24) is 0 Å². The number of Topliss-reactive ketones (excluding diaryl/α,β-unsaturated/α-hetero) is 1. The Hall–Kier alpha value is 0.330. The molecule has 0 radical (unpaired) electrons. The van der Waals surface area contributed by atoms with Crippen molar-refractivity contribution in [3.63, 3.8) is 0 Å². The van der Waals surface area contributed by atoms with E-state index in [1.54, 1.807) is 28.5 Å². The van der Waals surface area contributed by atoms with E-state index in [4.69, 9.17) is 5.11 Å². The van der Waals surface area contributed by atoms with E-state index in [0.717, 1.165) is 12.2 Å². The summed E-state index contributed by atoms with van der Waals surface area (Å²) in [5, 5.41) is 8.39. The van der Waals surface area contributed by atoms with E-state index in [1.165, 1.54) is 0 Å². The third kappa shape index (κ3) is 8.33. The topological polar surface area (TPSA) is 37.3 Å². The molecule has 0 amide bonds. The fourth-order valence-corrected chi connectivity index (χ4v) is 2.38. The predicted molar refractivity (Wildman–Crippen MR) is 47.3 cm³/mol. The summed E-state index contributed by atoms with van der Waals surface area (Å²) in [5.74, 6) is 1.71. The Morgan fingerprint density at radius 3 is 2.70 bits per heavy atom. The van der Waals surface area contributed by atoms with Crippen LogP contribution >= 0.6 is 21.6 Å². The summed E-state index contributed by atoms with van der Waals surface area (Å²) >= 11 is 0. The van der Waals surface area contributed by atoms with Gasteiger partial charge in [-0.25, -0.2) is 0 Å². The van der Waals surface area contributed by atoms with Gasteiger partial charge in [0.1, 0.15) is 5.78 Å². The second-order valence-electron chi connectivity index (χ2n) is 1.86. The van der Waals surface area contributed by atoms with Gasteiger partial charge in [0.15, 0.2) is 0 Å². The van der Waals surface area contributed by atoms with Crippen molar-refractivity contribution in [2.24, 2.45) is 0 Å². The Labute approximate surface area is 69.2 Å². The van der Waals surface area contributed by atoms with Crippen molar-refractivity contribution in [2.75, 3.05) is 18.1 Å². The highest BCUT2D eigenvalue weighted by atomic mass is 33.1. The number of aliphatic hydroxyl groups is 1. The summed E-state index contributed by atoms with van der Waals surface area (Å²) in [4.78, 5) is 10.4. The Balaban J connectivity index is 2.84. The first-order chi connectivity index (χ1) is 4.77. The zero-order valence-corrected chi connectivity index (χ0v) is 7.63. The Morgan fingerprint density at radius 2 is 2.20 bits per heavy atom. The van der Waals surface area contributed by atoms with E-state index in [9.17, 15) is 4.79 Å². The van der Waals surface area contributed by atoms with Crippen LogP contribution in [0.25, 0.3) is 0 Å². The average molecular weight is 180 g/mol. The summed E-state index contributed by atoms with van der Waals surface area (Å²) < 4.78 is 0. The van der Waals surface area contributed by atoms with E-state index in [-0.39, 0.29) is 12.4 Å². The first-order valence-corrected chi connectivity index (χ1v) is 5.61. The SMILES string of the molecule is CC(=O)CSSCCCO. The van der Waals surface area contributed by atoms with Crippen LogP contribution in [0.4, 0.5) is 0 Å². The lowest BCUT2D eigenvalue weighted by Crippen LogP contribution is -1.91. The van der Waals surface area contributed by atoms with Crippen LogP contribution in [0.1, 0.15) is 13.3 Å². The molecule has 0 fully saturated rings. The highest BCUT2D eigenvalue weighted by Crippen LogP contribution is 2.21. The normalized spacial score (nSPS) is 9.80. The highest BCUT2D eigenvalue weighted by molar-refractivity contribution is 8.76. The molecular formula is C6H12O2S2. The number of rotatable bonds is 6. The van der Waals surface area contributed by atoms with Gasteiger partial charge in [-0.1, -0.05) is 21.6 Å². The van der Waals surface area contributed by atoms with Gasteiger partial charge in [-0.2, -0.15) is 0 Å². The lowest BCUT2D eigenvalue weighted by molar-refractivity contribution is -0.114. The molecule has 0 atom stereocenters. The first kappa shape index (κ1) is 10.3. The highest BCUT2D eigenvalue weighted by Gasteiger charge is 1.93. The summed E-state index contributed by atoms with van der Waals surface area (Å²) in [6.07, 6.45) is 0.815. The molecule has 0 heterocycles. The third-order valence-electron chi connectivity index (χ3n) is 0.731. The van der Waals surface area contributed by atoms with Crippen molar-refractivity contribution in [1.29, 1.82) is 0 Å².